The quantitative estimate of drug-likeness (QED) is 0.788. The summed E-state index contributed by atoms with van der Waals surface area (Å²) in [5.41, 5.74) is 1.54. The van der Waals surface area contributed by atoms with Gasteiger partial charge in [-0.25, -0.2) is 4.39 Å². The van der Waals surface area contributed by atoms with Crippen molar-refractivity contribution in [1.82, 2.24) is 0 Å². The van der Waals surface area contributed by atoms with Crippen molar-refractivity contribution < 1.29 is 19.2 Å². The van der Waals surface area contributed by atoms with Crippen LogP contribution in [0.4, 0.5) is 10.1 Å². The van der Waals surface area contributed by atoms with E-state index in [-0.39, 0.29) is 23.0 Å². The number of rotatable bonds is 7. The molecule has 0 saturated carbocycles. The summed E-state index contributed by atoms with van der Waals surface area (Å²) in [6.45, 7) is 3.91. The minimum atomic E-state index is -0.437. The van der Waals surface area contributed by atoms with E-state index in [0.29, 0.717) is 5.69 Å². The summed E-state index contributed by atoms with van der Waals surface area (Å²) in [6.07, 6.45) is 0.876. The van der Waals surface area contributed by atoms with Gasteiger partial charge in [0.15, 0.2) is 6.04 Å². The smallest absolute Gasteiger partial charge is 0.282 e. The Balaban J connectivity index is 2.02. The highest BCUT2D eigenvalue weighted by Crippen LogP contribution is 2.22. The van der Waals surface area contributed by atoms with Crippen LogP contribution in [0.3, 0.4) is 0 Å². The van der Waals surface area contributed by atoms with E-state index in [1.54, 1.807) is 7.11 Å². The summed E-state index contributed by atoms with van der Waals surface area (Å²) in [5, 5.41) is 4.94. The lowest BCUT2D eigenvalue weighted by molar-refractivity contribution is -0.713. The molecule has 0 unspecified atom stereocenters. The van der Waals surface area contributed by atoms with Crippen LogP contribution in [0.1, 0.15) is 31.9 Å². The molecule has 0 aromatic heterocycles. The number of hydrogen-bond donors (Lipinski definition) is 2. The van der Waals surface area contributed by atoms with E-state index in [4.69, 9.17) is 16.3 Å². The van der Waals surface area contributed by atoms with Crippen LogP contribution in [0, 0.1) is 5.82 Å². The van der Waals surface area contributed by atoms with E-state index in [1.165, 1.54) is 18.2 Å². The lowest BCUT2D eigenvalue weighted by Gasteiger charge is -2.19. The molecular formula is C19H23ClFN2O2+. The van der Waals surface area contributed by atoms with Crippen molar-refractivity contribution in [3.05, 3.63) is 58.9 Å². The second-order valence-corrected chi connectivity index (χ2v) is 6.29. The molecule has 0 aliphatic rings. The van der Waals surface area contributed by atoms with Crippen molar-refractivity contribution in [2.75, 3.05) is 12.4 Å². The molecule has 0 bridgehead atoms. The number of hydrogen-bond acceptors (Lipinski definition) is 2. The van der Waals surface area contributed by atoms with Crippen LogP contribution < -0.4 is 15.4 Å². The predicted octanol–water partition coefficient (Wildman–Crippen LogP) is 3.53. The molecule has 4 nitrogen and oxygen atoms in total. The van der Waals surface area contributed by atoms with Gasteiger partial charge in [0.2, 0.25) is 0 Å². The first-order chi connectivity index (χ1) is 11.9. The third-order valence-corrected chi connectivity index (χ3v) is 4.42. The molecule has 0 aliphatic heterocycles. The van der Waals surface area contributed by atoms with Gasteiger partial charge < -0.3 is 15.4 Å². The van der Waals surface area contributed by atoms with Gasteiger partial charge in [0.05, 0.1) is 17.8 Å². The Kier molecular flexibility index (Phi) is 6.79. The summed E-state index contributed by atoms with van der Waals surface area (Å²) in [4.78, 5) is 12.4. The van der Waals surface area contributed by atoms with Gasteiger partial charge in [-0.1, -0.05) is 18.5 Å². The third kappa shape index (κ3) is 5.18. The van der Waals surface area contributed by atoms with Crippen molar-refractivity contribution in [1.29, 1.82) is 0 Å². The molecule has 2 aromatic rings. The molecule has 6 heteroatoms. The number of carbonyl (C=O) groups is 1. The van der Waals surface area contributed by atoms with Crippen LogP contribution in [0.15, 0.2) is 42.5 Å². The highest BCUT2D eigenvalue weighted by atomic mass is 35.5. The van der Waals surface area contributed by atoms with Gasteiger partial charge in [-0.05, 0) is 49.4 Å². The van der Waals surface area contributed by atoms with Crippen LogP contribution in [0.25, 0.3) is 0 Å². The number of nitrogens with one attached hydrogen (secondary N) is 1. The zero-order chi connectivity index (χ0) is 18.4. The first kappa shape index (κ1) is 19.2. The van der Waals surface area contributed by atoms with E-state index >= 15 is 0 Å². The summed E-state index contributed by atoms with van der Waals surface area (Å²) in [7, 11) is 1.63. The summed E-state index contributed by atoms with van der Waals surface area (Å²) in [6, 6.07) is 11.6. The molecular weight excluding hydrogens is 343 g/mol. The zero-order valence-electron chi connectivity index (χ0n) is 14.6. The maximum atomic E-state index is 13.1. The zero-order valence-corrected chi connectivity index (χ0v) is 15.3. The Morgan fingerprint density at radius 2 is 1.96 bits per heavy atom. The SMILES string of the molecule is CC[C@H]([NH2+][C@@H](C)C(=O)Nc1ccc(F)cc1Cl)c1ccc(OC)cc1. The maximum absolute atomic E-state index is 13.1. The van der Waals surface area contributed by atoms with Crippen molar-refractivity contribution in [3.63, 3.8) is 0 Å². The van der Waals surface area contributed by atoms with E-state index < -0.39 is 5.82 Å². The molecule has 25 heavy (non-hydrogen) atoms. The first-order valence-corrected chi connectivity index (χ1v) is 8.57. The number of anilines is 1. The van der Waals surface area contributed by atoms with Crippen molar-refractivity contribution in [2.24, 2.45) is 0 Å². The average Bonchev–Trinajstić information content (AvgIpc) is 2.61. The fourth-order valence-electron chi connectivity index (χ4n) is 2.61. The van der Waals surface area contributed by atoms with Gasteiger partial charge in [-0.2, -0.15) is 0 Å². The number of methoxy groups -OCH3 is 1. The number of carbonyl (C=O) groups excluding carboxylic acids is 1. The monoisotopic (exact) mass is 365 g/mol. The lowest BCUT2D eigenvalue weighted by Crippen LogP contribution is -2.92. The fraction of sp³-hybridized carbons (Fsp3) is 0.316. The van der Waals surface area contributed by atoms with Crippen LogP contribution in [-0.4, -0.2) is 19.1 Å². The Labute approximate surface area is 152 Å². The van der Waals surface area contributed by atoms with Crippen LogP contribution in [0.5, 0.6) is 5.75 Å². The summed E-state index contributed by atoms with van der Waals surface area (Å²) >= 11 is 5.96. The van der Waals surface area contributed by atoms with Crippen molar-refractivity contribution in [3.8, 4) is 5.75 Å². The van der Waals surface area contributed by atoms with Crippen LogP contribution >= 0.6 is 11.6 Å². The molecule has 2 atom stereocenters. The topological polar surface area (TPSA) is 54.9 Å². The van der Waals surface area contributed by atoms with Crippen LogP contribution in [-0.2, 0) is 4.79 Å². The molecule has 0 saturated heterocycles. The number of benzene rings is 2. The van der Waals surface area contributed by atoms with Crippen LogP contribution in [0.2, 0.25) is 5.02 Å². The molecule has 0 fully saturated rings. The van der Waals surface area contributed by atoms with Gasteiger partial charge in [-0.15, -0.1) is 0 Å². The van der Waals surface area contributed by atoms with Gasteiger partial charge in [0, 0.05) is 12.0 Å². The average molecular weight is 366 g/mol. The number of nitrogens with two attached hydrogens (primary N) is 1. The van der Waals surface area contributed by atoms with Crippen molar-refractivity contribution in [2.45, 2.75) is 32.4 Å². The highest BCUT2D eigenvalue weighted by molar-refractivity contribution is 6.33. The summed E-state index contributed by atoms with van der Waals surface area (Å²) in [5.74, 6) is 0.184. The molecule has 0 heterocycles. The number of amides is 1. The number of ether oxygens (including phenoxy) is 1. The Morgan fingerprint density at radius 3 is 2.52 bits per heavy atom. The van der Waals surface area contributed by atoms with Gasteiger partial charge in [0.25, 0.3) is 5.91 Å². The van der Waals surface area contributed by atoms with E-state index in [1.807, 2.05) is 36.5 Å². The Morgan fingerprint density at radius 1 is 1.28 bits per heavy atom. The standard InChI is InChI=1S/C19H22ClFN2O2/c1-4-17(13-5-8-15(25-3)9-6-13)22-12(2)19(24)23-18-10-7-14(21)11-16(18)20/h5-12,17,22H,4H2,1-3H3,(H,23,24)/p+1/t12-,17-/m0/s1. The molecule has 0 radical (unpaired) electrons. The molecule has 2 rings (SSSR count). The predicted molar refractivity (Wildman–Crippen MR) is 97.5 cm³/mol. The third-order valence-electron chi connectivity index (χ3n) is 4.11. The molecule has 0 aliphatic carbocycles. The van der Waals surface area contributed by atoms with Gasteiger partial charge in [-0.3, -0.25) is 4.79 Å². The van der Waals surface area contributed by atoms with E-state index in [0.717, 1.165) is 17.7 Å². The Bertz CT molecular complexity index is 722. The lowest BCUT2D eigenvalue weighted by atomic mass is 10.0. The Hall–Kier alpha value is -2.11. The molecule has 1 amide bonds. The normalized spacial score (nSPS) is 13.2. The largest absolute Gasteiger partial charge is 0.497 e. The fourth-order valence-corrected chi connectivity index (χ4v) is 2.82. The maximum Gasteiger partial charge on any atom is 0.282 e. The minimum Gasteiger partial charge on any atom is -0.497 e. The number of halogens is 2. The molecule has 0 spiro atoms. The highest BCUT2D eigenvalue weighted by Gasteiger charge is 2.23. The first-order valence-electron chi connectivity index (χ1n) is 8.19. The van der Waals surface area contributed by atoms with Gasteiger partial charge in [0.1, 0.15) is 17.6 Å². The summed E-state index contributed by atoms with van der Waals surface area (Å²) < 4.78 is 18.3. The minimum absolute atomic E-state index is 0.148. The van der Waals surface area contributed by atoms with Gasteiger partial charge >= 0.3 is 0 Å². The second-order valence-electron chi connectivity index (χ2n) is 5.88. The van der Waals surface area contributed by atoms with Crippen molar-refractivity contribution >= 4 is 23.2 Å². The second kappa shape index (κ2) is 8.83. The van der Waals surface area contributed by atoms with E-state index in [2.05, 4.69) is 12.2 Å². The number of quaternary nitrogens is 1. The van der Waals surface area contributed by atoms with E-state index in [9.17, 15) is 9.18 Å². The molecule has 3 N–H and O–H groups in total. The molecule has 2 aromatic carbocycles. The molecule has 134 valence electrons.